The predicted molar refractivity (Wildman–Crippen MR) is 153 cm³/mol. The van der Waals surface area contributed by atoms with Gasteiger partial charge >= 0.3 is 5.97 Å². The van der Waals surface area contributed by atoms with Gasteiger partial charge in [0.25, 0.3) is 0 Å². The number of nitrogens with zero attached hydrogens (tertiary/aromatic N) is 3. The van der Waals surface area contributed by atoms with Crippen LogP contribution in [-0.4, -0.2) is 92.4 Å². The third kappa shape index (κ3) is 6.88. The van der Waals surface area contributed by atoms with Crippen LogP contribution in [0.1, 0.15) is 55.7 Å². The van der Waals surface area contributed by atoms with E-state index in [-0.39, 0.29) is 25.2 Å². The van der Waals surface area contributed by atoms with Crippen LogP contribution in [0.2, 0.25) is 0 Å². The van der Waals surface area contributed by atoms with Crippen molar-refractivity contribution < 1.29 is 28.9 Å². The van der Waals surface area contributed by atoms with Gasteiger partial charge in [-0.2, -0.15) is 0 Å². The summed E-state index contributed by atoms with van der Waals surface area (Å²) in [4.78, 5) is 32.9. The van der Waals surface area contributed by atoms with E-state index < -0.39 is 17.9 Å². The van der Waals surface area contributed by atoms with Gasteiger partial charge in [0.1, 0.15) is 5.75 Å². The maximum Gasteiger partial charge on any atom is 0.309 e. The number of para-hydroxylation sites is 1. The summed E-state index contributed by atoms with van der Waals surface area (Å²) in [6.45, 7) is 5.23. The molecule has 0 aromatic heterocycles. The topological polar surface area (TPSA) is 91.8 Å². The van der Waals surface area contributed by atoms with E-state index in [2.05, 4.69) is 25.9 Å². The minimum atomic E-state index is -0.903. The molecule has 1 saturated heterocycles. The second-order valence-electron chi connectivity index (χ2n) is 10.9. The second-order valence-corrected chi connectivity index (χ2v) is 10.9. The minimum absolute atomic E-state index is 0.0358. The first kappa shape index (κ1) is 29.7. The van der Waals surface area contributed by atoms with Crippen LogP contribution in [0.25, 0.3) is 0 Å². The molecular formula is C31H43N3O6. The van der Waals surface area contributed by atoms with Gasteiger partial charge < -0.3 is 29.1 Å². The average Bonchev–Trinajstić information content (AvgIpc) is 3.56. The number of carboxylic acids is 1. The number of benzene rings is 2. The predicted octanol–water partition coefficient (Wildman–Crippen LogP) is 4.24. The summed E-state index contributed by atoms with van der Waals surface area (Å²) in [7, 11) is 5.70. The third-order valence-corrected chi connectivity index (χ3v) is 7.92. The molecule has 0 saturated carbocycles. The molecule has 9 nitrogen and oxygen atoms in total. The molecule has 1 N–H and O–H groups in total. The fourth-order valence-corrected chi connectivity index (χ4v) is 5.87. The smallest absolute Gasteiger partial charge is 0.309 e. The van der Waals surface area contributed by atoms with Gasteiger partial charge in [-0.25, -0.2) is 0 Å². The minimum Gasteiger partial charge on any atom is -0.496 e. The standard InChI is InChI=1S/C31H43N3O6/c1-5-6-16-33(17-10-9-15-32(2)3)28(35)20-34-19-24(22-13-14-26-27(18-22)40-21-39-26)29(31(36)37)30(34)23-11-7-8-12-25(23)38-4/h7-8,11-14,18,24,29-30H,5-6,9-10,15-17,19-21H2,1-4H3,(H,36,37)/t24-,29-,30+/m1/s1. The van der Waals surface area contributed by atoms with Crippen LogP contribution in [0.3, 0.4) is 0 Å². The molecule has 2 aliphatic heterocycles. The molecule has 0 unspecified atom stereocenters. The van der Waals surface area contributed by atoms with E-state index >= 15 is 0 Å². The number of carboxylic acid groups (broad SMARTS) is 1. The Morgan fingerprint density at radius 2 is 1.75 bits per heavy atom. The van der Waals surface area contributed by atoms with Gasteiger partial charge in [-0.1, -0.05) is 37.6 Å². The Morgan fingerprint density at radius 3 is 2.48 bits per heavy atom. The maximum absolute atomic E-state index is 13.8. The fourth-order valence-electron chi connectivity index (χ4n) is 5.87. The highest BCUT2D eigenvalue weighted by molar-refractivity contribution is 5.79. The zero-order valence-electron chi connectivity index (χ0n) is 24.2. The van der Waals surface area contributed by atoms with E-state index in [1.807, 2.05) is 52.3 Å². The van der Waals surface area contributed by atoms with Crippen LogP contribution in [-0.2, 0) is 9.59 Å². The molecular weight excluding hydrogens is 510 g/mol. The molecule has 2 aromatic carbocycles. The van der Waals surface area contributed by atoms with Crippen molar-refractivity contribution in [2.45, 2.75) is 44.6 Å². The molecule has 4 rings (SSSR count). The summed E-state index contributed by atoms with van der Waals surface area (Å²) in [6, 6.07) is 12.6. The lowest BCUT2D eigenvalue weighted by molar-refractivity contribution is -0.144. The van der Waals surface area contributed by atoms with Crippen molar-refractivity contribution in [3.8, 4) is 17.2 Å². The summed E-state index contributed by atoms with van der Waals surface area (Å²) in [5.41, 5.74) is 1.64. The second kappa shape index (κ2) is 13.9. The Labute approximate surface area is 237 Å². The van der Waals surface area contributed by atoms with Crippen molar-refractivity contribution >= 4 is 11.9 Å². The zero-order chi connectivity index (χ0) is 28.6. The number of carbonyl (C=O) groups excluding carboxylic acids is 1. The number of aliphatic carboxylic acids is 1. The molecule has 40 heavy (non-hydrogen) atoms. The van der Waals surface area contributed by atoms with E-state index in [0.717, 1.165) is 43.4 Å². The van der Waals surface area contributed by atoms with Gasteiger partial charge in [-0.3, -0.25) is 14.5 Å². The normalized spacial score (nSPS) is 20.2. The maximum atomic E-state index is 13.8. The van der Waals surface area contributed by atoms with Crippen molar-refractivity contribution in [3.05, 3.63) is 53.6 Å². The van der Waals surface area contributed by atoms with Crippen LogP contribution in [0, 0.1) is 5.92 Å². The van der Waals surface area contributed by atoms with Gasteiger partial charge in [0.05, 0.1) is 25.6 Å². The number of amides is 1. The molecule has 0 aliphatic carbocycles. The Bertz CT molecular complexity index is 1160. The van der Waals surface area contributed by atoms with E-state index in [4.69, 9.17) is 14.2 Å². The summed E-state index contributed by atoms with van der Waals surface area (Å²) < 4.78 is 16.7. The molecule has 2 aromatic rings. The fraction of sp³-hybridized carbons (Fsp3) is 0.548. The van der Waals surface area contributed by atoms with Crippen LogP contribution in [0.5, 0.6) is 17.2 Å². The molecule has 0 radical (unpaired) electrons. The number of likely N-dealkylation sites (tertiary alicyclic amines) is 1. The number of unbranched alkanes of at least 4 members (excludes halogenated alkanes) is 2. The first-order valence-corrected chi connectivity index (χ1v) is 14.3. The highest BCUT2D eigenvalue weighted by Crippen LogP contribution is 2.49. The molecule has 2 aliphatic rings. The Kier molecular flexibility index (Phi) is 10.3. The van der Waals surface area contributed by atoms with Crippen LogP contribution < -0.4 is 14.2 Å². The number of hydrogen-bond donors (Lipinski definition) is 1. The van der Waals surface area contributed by atoms with Crippen molar-refractivity contribution in [1.29, 1.82) is 0 Å². The first-order valence-electron chi connectivity index (χ1n) is 14.3. The summed E-state index contributed by atoms with van der Waals surface area (Å²) in [5.74, 6) is -0.105. The summed E-state index contributed by atoms with van der Waals surface area (Å²) in [6.07, 6.45) is 3.89. The van der Waals surface area contributed by atoms with Crippen LogP contribution in [0.15, 0.2) is 42.5 Å². The molecule has 2 heterocycles. The van der Waals surface area contributed by atoms with E-state index in [1.165, 1.54) is 0 Å². The van der Waals surface area contributed by atoms with Gasteiger partial charge in [-0.15, -0.1) is 0 Å². The lowest BCUT2D eigenvalue weighted by Gasteiger charge is -2.30. The number of carbonyl (C=O) groups is 2. The summed E-state index contributed by atoms with van der Waals surface area (Å²) >= 11 is 0. The van der Waals surface area contributed by atoms with Crippen LogP contribution in [0.4, 0.5) is 0 Å². The number of methoxy groups -OCH3 is 1. The van der Waals surface area contributed by atoms with Crippen molar-refractivity contribution in [3.63, 3.8) is 0 Å². The molecule has 3 atom stereocenters. The Hall–Kier alpha value is -3.30. The highest BCUT2D eigenvalue weighted by atomic mass is 16.7. The molecule has 218 valence electrons. The van der Waals surface area contributed by atoms with Crippen molar-refractivity contribution in [1.82, 2.24) is 14.7 Å². The number of hydrogen-bond acceptors (Lipinski definition) is 7. The van der Waals surface area contributed by atoms with Gasteiger partial charge in [0.15, 0.2) is 11.5 Å². The molecule has 1 fully saturated rings. The lowest BCUT2D eigenvalue weighted by atomic mass is 9.82. The van der Waals surface area contributed by atoms with Gasteiger partial charge in [0.2, 0.25) is 12.7 Å². The third-order valence-electron chi connectivity index (χ3n) is 7.92. The lowest BCUT2D eigenvalue weighted by Crippen LogP contribution is -2.42. The number of ether oxygens (including phenoxy) is 3. The largest absolute Gasteiger partial charge is 0.496 e. The Morgan fingerprint density at radius 1 is 1.02 bits per heavy atom. The average molecular weight is 554 g/mol. The molecule has 0 bridgehead atoms. The van der Waals surface area contributed by atoms with E-state index in [9.17, 15) is 14.7 Å². The van der Waals surface area contributed by atoms with Crippen molar-refractivity contribution in [2.24, 2.45) is 5.92 Å². The number of fused-ring (bicyclic) bond motifs is 1. The molecule has 1 amide bonds. The Balaban J connectivity index is 1.64. The zero-order valence-corrected chi connectivity index (χ0v) is 24.2. The monoisotopic (exact) mass is 553 g/mol. The molecule has 9 heteroatoms. The highest BCUT2D eigenvalue weighted by Gasteiger charge is 2.49. The quantitative estimate of drug-likeness (QED) is 0.348. The number of rotatable bonds is 14. The van der Waals surface area contributed by atoms with E-state index in [1.54, 1.807) is 7.11 Å². The van der Waals surface area contributed by atoms with Crippen molar-refractivity contribution in [2.75, 3.05) is 60.7 Å². The first-order chi connectivity index (χ1) is 19.3. The summed E-state index contributed by atoms with van der Waals surface area (Å²) in [5, 5.41) is 10.6. The van der Waals surface area contributed by atoms with Gasteiger partial charge in [0, 0.05) is 31.1 Å². The SMILES string of the molecule is CCCCN(CCCCN(C)C)C(=O)CN1C[C@H](c2ccc3c(c2)OCO3)[C@@H](C(=O)O)[C@@H]1c1ccccc1OC. The van der Waals surface area contributed by atoms with E-state index in [0.29, 0.717) is 36.9 Å². The molecule has 0 spiro atoms. The van der Waals surface area contributed by atoms with Crippen LogP contribution >= 0.6 is 0 Å². The van der Waals surface area contributed by atoms with Gasteiger partial charge in [-0.05, 0) is 63.7 Å².